The molecule has 3 nitrogen and oxygen atoms in total. The van der Waals surface area contributed by atoms with Crippen molar-refractivity contribution in [1.82, 2.24) is 0 Å². The maximum Gasteiger partial charge on any atom is 0.167 e. The zero-order valence-electron chi connectivity index (χ0n) is 23.3. The average molecular weight is 518 g/mol. The van der Waals surface area contributed by atoms with Gasteiger partial charge in [0.15, 0.2) is 11.6 Å². The molecule has 3 heteroatoms. The highest BCUT2D eigenvalue weighted by Gasteiger charge is 2.51. The smallest absolute Gasteiger partial charge is 0.167 e. The molecule has 0 amide bonds. The Morgan fingerprint density at radius 3 is 1.49 bits per heavy atom. The molecule has 0 fully saturated rings. The molecule has 1 atom stereocenters. The lowest BCUT2D eigenvalue weighted by Crippen LogP contribution is -2.46. The lowest BCUT2D eigenvalue weighted by Gasteiger charge is -2.43. The zero-order valence-corrected chi connectivity index (χ0v) is 23.3. The van der Waals surface area contributed by atoms with Crippen LogP contribution in [0.15, 0.2) is 114 Å². The standard InChI is InChI=1S/C36H37O3/c1-25(2)30-23-31(32(37)20-27-14-8-5-9-15-27)35(33(38)21-28-16-10-6-11-17-28)36(24-30,26(3)4)34(39)22-29-18-12-7-13-19-29/h5-19,23-26H,20-22H2,1-4H3. The second-order valence-electron chi connectivity index (χ2n) is 11.0. The molecule has 199 valence electrons. The van der Waals surface area contributed by atoms with Crippen LogP contribution in [0.2, 0.25) is 0 Å². The lowest BCUT2D eigenvalue weighted by atomic mass is 9.57. The molecule has 1 aliphatic rings. The van der Waals surface area contributed by atoms with E-state index in [-0.39, 0.29) is 48.4 Å². The van der Waals surface area contributed by atoms with Gasteiger partial charge in [0.05, 0.1) is 5.41 Å². The van der Waals surface area contributed by atoms with E-state index < -0.39 is 5.41 Å². The van der Waals surface area contributed by atoms with Crippen LogP contribution in [0.25, 0.3) is 0 Å². The molecule has 0 saturated carbocycles. The first-order valence-electron chi connectivity index (χ1n) is 13.8. The summed E-state index contributed by atoms with van der Waals surface area (Å²) in [5, 5.41) is 0. The van der Waals surface area contributed by atoms with Crippen LogP contribution in [-0.4, -0.2) is 17.3 Å². The summed E-state index contributed by atoms with van der Waals surface area (Å²) in [6, 6.07) is 28.7. The number of Topliss-reactive ketones (excluding diaryl/α,β-unsaturated/α-hetero) is 3. The molecule has 3 aromatic rings. The Kier molecular flexibility index (Phi) is 8.91. The Morgan fingerprint density at radius 1 is 0.615 bits per heavy atom. The van der Waals surface area contributed by atoms with Gasteiger partial charge < -0.3 is 0 Å². The largest absolute Gasteiger partial charge is 0.298 e. The van der Waals surface area contributed by atoms with E-state index in [1.54, 1.807) is 0 Å². The highest BCUT2D eigenvalue weighted by atomic mass is 16.1. The fourth-order valence-electron chi connectivity index (χ4n) is 5.44. The number of rotatable bonds is 11. The third kappa shape index (κ3) is 6.25. The van der Waals surface area contributed by atoms with Crippen molar-refractivity contribution >= 4 is 17.3 Å². The van der Waals surface area contributed by atoms with Gasteiger partial charge in [-0.3, -0.25) is 14.4 Å². The number of hydrogen-bond donors (Lipinski definition) is 0. The summed E-state index contributed by atoms with van der Waals surface area (Å²) < 4.78 is 0. The first kappa shape index (κ1) is 28.2. The quantitative estimate of drug-likeness (QED) is 0.271. The van der Waals surface area contributed by atoms with Crippen LogP contribution in [0.5, 0.6) is 0 Å². The van der Waals surface area contributed by atoms with E-state index in [4.69, 9.17) is 0 Å². The van der Waals surface area contributed by atoms with Gasteiger partial charge in [-0.25, -0.2) is 0 Å². The molecule has 1 radical (unpaired) electrons. The molecule has 4 rings (SSSR count). The topological polar surface area (TPSA) is 51.2 Å². The Morgan fingerprint density at radius 2 is 1.05 bits per heavy atom. The summed E-state index contributed by atoms with van der Waals surface area (Å²) >= 11 is 0. The van der Waals surface area contributed by atoms with Gasteiger partial charge in [-0.15, -0.1) is 0 Å². The fourth-order valence-corrected chi connectivity index (χ4v) is 5.44. The molecule has 39 heavy (non-hydrogen) atoms. The first-order chi connectivity index (χ1) is 18.7. The van der Waals surface area contributed by atoms with E-state index in [9.17, 15) is 14.4 Å². The van der Waals surface area contributed by atoms with Crippen LogP contribution in [0.1, 0.15) is 44.4 Å². The molecular formula is C36H37O3. The number of carbonyl (C=O) groups excluding carboxylic acids is 3. The number of carbonyl (C=O) groups is 3. The summed E-state index contributed by atoms with van der Waals surface area (Å²) in [4.78, 5) is 42.7. The van der Waals surface area contributed by atoms with Gasteiger partial charge in [0.25, 0.3) is 0 Å². The maximum absolute atomic E-state index is 14.4. The predicted molar refractivity (Wildman–Crippen MR) is 157 cm³/mol. The van der Waals surface area contributed by atoms with Crippen molar-refractivity contribution in [1.29, 1.82) is 0 Å². The Balaban J connectivity index is 1.91. The summed E-state index contributed by atoms with van der Waals surface area (Å²) in [5.41, 5.74) is 3.05. The van der Waals surface area contributed by atoms with E-state index in [0.29, 0.717) is 11.1 Å². The molecule has 0 aliphatic heterocycles. The normalized spacial score (nSPS) is 17.3. The van der Waals surface area contributed by atoms with Gasteiger partial charge in [0.1, 0.15) is 5.78 Å². The lowest BCUT2D eigenvalue weighted by molar-refractivity contribution is -0.129. The number of benzene rings is 3. The van der Waals surface area contributed by atoms with Gasteiger partial charge in [-0.2, -0.15) is 0 Å². The number of allylic oxidation sites excluding steroid dienone is 4. The van der Waals surface area contributed by atoms with Crippen LogP contribution in [0.4, 0.5) is 0 Å². The second-order valence-corrected chi connectivity index (χ2v) is 11.0. The van der Waals surface area contributed by atoms with Gasteiger partial charge >= 0.3 is 0 Å². The van der Waals surface area contributed by atoms with Crippen LogP contribution < -0.4 is 0 Å². The Hall–Kier alpha value is -3.85. The molecule has 3 aromatic carbocycles. The third-order valence-electron chi connectivity index (χ3n) is 7.63. The highest BCUT2D eigenvalue weighted by molar-refractivity contribution is 6.15. The van der Waals surface area contributed by atoms with Crippen LogP contribution >= 0.6 is 0 Å². The minimum Gasteiger partial charge on any atom is -0.298 e. The van der Waals surface area contributed by atoms with Crippen molar-refractivity contribution in [3.8, 4) is 0 Å². The molecule has 0 saturated heterocycles. The SMILES string of the molecule is CC(C)C1=CC(C(=O)Cc2ccccc2)=C(C(=O)Cc2ccccc2)C(C(=O)Cc2ccccc2)(C(C)C)[CH]1. The molecule has 0 bridgehead atoms. The predicted octanol–water partition coefficient (Wildman–Crippen LogP) is 7.16. The molecule has 0 N–H and O–H groups in total. The van der Waals surface area contributed by atoms with Crippen molar-refractivity contribution in [2.45, 2.75) is 47.0 Å². The number of ketones is 3. The molecule has 1 unspecified atom stereocenters. The zero-order chi connectivity index (χ0) is 28.0. The van der Waals surface area contributed by atoms with Crippen molar-refractivity contribution < 1.29 is 14.4 Å². The fraction of sp³-hybridized carbons (Fsp3) is 0.278. The Labute approximate surface area is 232 Å². The molecular weight excluding hydrogens is 480 g/mol. The van der Waals surface area contributed by atoms with Gasteiger partial charge in [-0.05, 0) is 28.5 Å². The molecule has 0 heterocycles. The number of hydrogen-bond acceptors (Lipinski definition) is 3. The van der Waals surface area contributed by atoms with Crippen LogP contribution in [0.3, 0.4) is 0 Å². The highest BCUT2D eigenvalue weighted by Crippen LogP contribution is 2.49. The third-order valence-corrected chi connectivity index (χ3v) is 7.63. The summed E-state index contributed by atoms with van der Waals surface area (Å²) in [6.45, 7) is 8.09. The van der Waals surface area contributed by atoms with Gasteiger partial charge in [0.2, 0.25) is 0 Å². The molecule has 1 aliphatic carbocycles. The van der Waals surface area contributed by atoms with Crippen LogP contribution in [0, 0.1) is 23.7 Å². The van der Waals surface area contributed by atoms with E-state index in [0.717, 1.165) is 22.3 Å². The van der Waals surface area contributed by atoms with E-state index >= 15 is 0 Å². The van der Waals surface area contributed by atoms with E-state index in [1.165, 1.54) is 0 Å². The van der Waals surface area contributed by atoms with Crippen molar-refractivity contribution in [2.75, 3.05) is 0 Å². The minimum atomic E-state index is -1.21. The summed E-state index contributed by atoms with van der Waals surface area (Å²) in [7, 11) is 0. The summed E-state index contributed by atoms with van der Waals surface area (Å²) in [6.07, 6.45) is 4.34. The molecule has 0 aromatic heterocycles. The van der Waals surface area contributed by atoms with Gasteiger partial charge in [-0.1, -0.05) is 130 Å². The van der Waals surface area contributed by atoms with Gasteiger partial charge in [0, 0.05) is 36.8 Å². The average Bonchev–Trinajstić information content (AvgIpc) is 2.93. The van der Waals surface area contributed by atoms with E-state index in [2.05, 4.69) is 13.8 Å². The molecule has 0 spiro atoms. The first-order valence-corrected chi connectivity index (χ1v) is 13.8. The minimum absolute atomic E-state index is 0.0589. The van der Waals surface area contributed by atoms with Crippen LogP contribution in [-0.2, 0) is 33.6 Å². The Bertz CT molecular complexity index is 1380. The van der Waals surface area contributed by atoms with E-state index in [1.807, 2.05) is 117 Å². The monoisotopic (exact) mass is 517 g/mol. The maximum atomic E-state index is 14.4. The summed E-state index contributed by atoms with van der Waals surface area (Å²) in [5.74, 6) is -0.524. The van der Waals surface area contributed by atoms with Crippen molar-refractivity contribution in [3.63, 3.8) is 0 Å². The van der Waals surface area contributed by atoms with Crippen molar-refractivity contribution in [2.24, 2.45) is 17.3 Å². The van der Waals surface area contributed by atoms with Crippen molar-refractivity contribution in [3.05, 3.63) is 137 Å². The second kappa shape index (κ2) is 12.3.